The quantitative estimate of drug-likeness (QED) is 0.0848. The van der Waals surface area contributed by atoms with Crippen LogP contribution >= 0.6 is 11.6 Å². The number of nitrogens with one attached hydrogen (secondary N) is 1. The van der Waals surface area contributed by atoms with Gasteiger partial charge in [-0.1, -0.05) is 54.9 Å². The highest BCUT2D eigenvalue weighted by molar-refractivity contribution is 6.39. The van der Waals surface area contributed by atoms with E-state index in [2.05, 4.69) is 5.32 Å². The van der Waals surface area contributed by atoms with Crippen LogP contribution in [0, 0.1) is 0 Å². The summed E-state index contributed by atoms with van der Waals surface area (Å²) in [7, 11) is 0. The smallest absolute Gasteiger partial charge is 0.335 e. The zero-order valence-electron chi connectivity index (χ0n) is 29.5. The molecule has 12 heteroatoms. The van der Waals surface area contributed by atoms with Gasteiger partial charge in [-0.25, -0.2) is 9.69 Å². The highest BCUT2D eigenvalue weighted by atomic mass is 35.5. The molecule has 0 saturated carbocycles. The molecule has 272 valence electrons. The van der Waals surface area contributed by atoms with E-state index < -0.39 is 17.8 Å². The Morgan fingerprint density at radius 3 is 2.02 bits per heavy atom. The summed E-state index contributed by atoms with van der Waals surface area (Å²) >= 11 is 6.72. The number of carbonyl (C=O) groups excluding carboxylic acids is 3. The predicted molar refractivity (Wildman–Crippen MR) is 198 cm³/mol. The molecule has 4 aromatic rings. The van der Waals surface area contributed by atoms with E-state index in [1.165, 1.54) is 12.1 Å². The van der Waals surface area contributed by atoms with Gasteiger partial charge in [0.15, 0.2) is 34.5 Å². The lowest BCUT2D eigenvalue weighted by molar-refractivity contribution is -0.122. The third-order valence-corrected chi connectivity index (χ3v) is 7.90. The zero-order valence-corrected chi connectivity index (χ0v) is 30.3. The Morgan fingerprint density at radius 1 is 0.654 bits per heavy atom. The third kappa shape index (κ3) is 9.15. The first kappa shape index (κ1) is 37.6. The minimum Gasteiger partial charge on any atom is -0.490 e. The first-order chi connectivity index (χ1) is 25.3. The Balaban J connectivity index is 1.37. The lowest BCUT2D eigenvalue weighted by atomic mass is 10.1. The molecule has 52 heavy (non-hydrogen) atoms. The van der Waals surface area contributed by atoms with Gasteiger partial charge in [0, 0.05) is 6.07 Å². The second-order valence-electron chi connectivity index (χ2n) is 11.4. The molecular formula is C40H41ClN2O9. The molecule has 1 heterocycles. The number of hydrogen-bond donors (Lipinski definition) is 1. The van der Waals surface area contributed by atoms with Crippen LogP contribution in [0.4, 0.5) is 10.5 Å². The molecule has 0 unspecified atom stereocenters. The molecule has 4 aromatic carbocycles. The fraction of sp³-hybridized carbons (Fsp3) is 0.275. The van der Waals surface area contributed by atoms with E-state index in [1.807, 2.05) is 76.2 Å². The van der Waals surface area contributed by atoms with Crippen LogP contribution in [0.2, 0.25) is 5.02 Å². The first-order valence-corrected chi connectivity index (χ1v) is 17.5. The number of carbonyl (C=O) groups is 3. The monoisotopic (exact) mass is 728 g/mol. The van der Waals surface area contributed by atoms with Gasteiger partial charge in [-0.2, -0.15) is 0 Å². The van der Waals surface area contributed by atoms with Gasteiger partial charge >= 0.3 is 6.03 Å². The van der Waals surface area contributed by atoms with Gasteiger partial charge in [0.2, 0.25) is 0 Å². The second-order valence-corrected chi connectivity index (χ2v) is 11.8. The van der Waals surface area contributed by atoms with Crippen LogP contribution in [0.5, 0.6) is 34.5 Å². The molecule has 4 amide bonds. The summed E-state index contributed by atoms with van der Waals surface area (Å²) < 4.78 is 35.4. The first-order valence-electron chi connectivity index (χ1n) is 17.1. The second kappa shape index (κ2) is 18.0. The Labute approximate surface area is 308 Å². The van der Waals surface area contributed by atoms with Crippen LogP contribution in [0.3, 0.4) is 0 Å². The van der Waals surface area contributed by atoms with E-state index in [-0.39, 0.29) is 35.2 Å². The fourth-order valence-electron chi connectivity index (χ4n) is 5.29. The molecular weight excluding hydrogens is 688 g/mol. The van der Waals surface area contributed by atoms with Crippen molar-refractivity contribution in [1.82, 2.24) is 5.32 Å². The number of halogens is 1. The number of amides is 4. The average molecular weight is 729 g/mol. The fourth-order valence-corrected chi connectivity index (χ4v) is 5.56. The number of nitrogens with zero attached hydrogens (tertiary/aromatic N) is 1. The van der Waals surface area contributed by atoms with E-state index >= 15 is 0 Å². The summed E-state index contributed by atoms with van der Waals surface area (Å²) in [6.45, 7) is 9.55. The van der Waals surface area contributed by atoms with Crippen LogP contribution in [-0.4, -0.2) is 44.3 Å². The van der Waals surface area contributed by atoms with Crippen molar-refractivity contribution in [1.29, 1.82) is 0 Å². The molecule has 1 fully saturated rings. The number of urea groups is 1. The van der Waals surface area contributed by atoms with Crippen LogP contribution in [-0.2, 0) is 22.8 Å². The molecule has 0 radical (unpaired) electrons. The molecule has 1 saturated heterocycles. The molecule has 0 bridgehead atoms. The predicted octanol–water partition coefficient (Wildman–Crippen LogP) is 8.15. The van der Waals surface area contributed by atoms with Crippen LogP contribution < -0.4 is 38.6 Å². The van der Waals surface area contributed by atoms with E-state index in [0.29, 0.717) is 60.7 Å². The molecule has 1 aliphatic rings. The number of imide groups is 2. The number of barbiturate groups is 1. The van der Waals surface area contributed by atoms with E-state index in [9.17, 15) is 14.4 Å². The van der Waals surface area contributed by atoms with Gasteiger partial charge in [0.25, 0.3) is 11.8 Å². The SMILES string of the molecule is CCCOc1ccc(N2C(=O)NC(=O)/C(=C\c3cc(Cl)c(OCc4ccc(OCc5ccccc5)c(OCC)c4)c(OCC)c3)C2=O)cc1OCC. The molecule has 1 N–H and O–H groups in total. The summed E-state index contributed by atoms with van der Waals surface area (Å²) in [5.74, 6) is 0.924. The molecule has 1 aliphatic heterocycles. The topological polar surface area (TPSA) is 122 Å². The molecule has 11 nitrogen and oxygen atoms in total. The van der Waals surface area contributed by atoms with E-state index in [0.717, 1.165) is 22.4 Å². The summed E-state index contributed by atoms with van der Waals surface area (Å²) in [6.07, 6.45) is 2.13. The van der Waals surface area contributed by atoms with Gasteiger partial charge in [-0.3, -0.25) is 14.9 Å². The van der Waals surface area contributed by atoms with Crippen LogP contribution in [0.1, 0.15) is 50.8 Å². The Bertz CT molecular complexity index is 1930. The summed E-state index contributed by atoms with van der Waals surface area (Å²) in [5.41, 5.74) is 2.13. The van der Waals surface area contributed by atoms with Crippen molar-refractivity contribution in [2.75, 3.05) is 31.3 Å². The van der Waals surface area contributed by atoms with E-state index in [1.54, 1.807) is 24.3 Å². The number of rotatable bonds is 17. The number of ether oxygens (including phenoxy) is 6. The maximum atomic E-state index is 13.7. The minimum absolute atomic E-state index is 0.128. The van der Waals surface area contributed by atoms with Gasteiger partial charge in [-0.05, 0) is 86.4 Å². The van der Waals surface area contributed by atoms with Crippen LogP contribution in [0.15, 0.2) is 84.4 Å². The maximum Gasteiger partial charge on any atom is 0.335 e. The zero-order chi connectivity index (χ0) is 37.0. The van der Waals surface area contributed by atoms with Crippen molar-refractivity contribution in [3.05, 3.63) is 106 Å². The summed E-state index contributed by atoms with van der Waals surface area (Å²) in [4.78, 5) is 40.5. The maximum absolute atomic E-state index is 13.7. The number of benzene rings is 4. The summed E-state index contributed by atoms with van der Waals surface area (Å²) in [5, 5.41) is 2.43. The molecule has 0 spiro atoms. The number of anilines is 1. The Kier molecular flexibility index (Phi) is 13.0. The van der Waals surface area contributed by atoms with Crippen molar-refractivity contribution < 1.29 is 42.8 Å². The van der Waals surface area contributed by atoms with Crippen molar-refractivity contribution in [3.8, 4) is 34.5 Å². The molecule has 0 aliphatic carbocycles. The average Bonchev–Trinajstić information content (AvgIpc) is 3.13. The van der Waals surface area contributed by atoms with Crippen molar-refractivity contribution in [3.63, 3.8) is 0 Å². The van der Waals surface area contributed by atoms with Gasteiger partial charge in [0.1, 0.15) is 18.8 Å². The molecule has 0 aromatic heterocycles. The van der Waals surface area contributed by atoms with Crippen molar-refractivity contribution in [2.24, 2.45) is 0 Å². The largest absolute Gasteiger partial charge is 0.490 e. The van der Waals surface area contributed by atoms with Crippen molar-refractivity contribution in [2.45, 2.75) is 47.3 Å². The normalized spacial score (nSPS) is 13.5. The van der Waals surface area contributed by atoms with Gasteiger partial charge in [-0.15, -0.1) is 0 Å². The third-order valence-electron chi connectivity index (χ3n) is 7.62. The standard InChI is InChI=1S/C40H41ClN2O9/c1-5-18-50-32-17-15-29(23-35(32)48-7-3)43-39(45)30(38(44)42-40(43)46)19-28-20-31(41)37(36(22-28)49-8-4)52-25-27-14-16-33(34(21-27)47-6-2)51-24-26-12-10-9-11-13-26/h9-17,19-23H,5-8,18,24-25H2,1-4H3,(H,42,44,46)/b30-19+. The minimum atomic E-state index is -0.892. The van der Waals surface area contributed by atoms with E-state index in [4.69, 9.17) is 40.0 Å². The lowest BCUT2D eigenvalue weighted by Gasteiger charge is -2.27. The Morgan fingerprint density at radius 2 is 1.31 bits per heavy atom. The highest BCUT2D eigenvalue weighted by Crippen LogP contribution is 2.39. The van der Waals surface area contributed by atoms with Gasteiger partial charge in [0.05, 0.1) is 37.1 Å². The van der Waals surface area contributed by atoms with Gasteiger partial charge < -0.3 is 28.4 Å². The van der Waals surface area contributed by atoms with Crippen LogP contribution in [0.25, 0.3) is 6.08 Å². The summed E-state index contributed by atoms with van der Waals surface area (Å²) in [6, 6.07) is 22.4. The molecule has 0 atom stereocenters. The van der Waals surface area contributed by atoms with Crippen molar-refractivity contribution >= 4 is 41.2 Å². The molecule has 5 rings (SSSR count). The lowest BCUT2D eigenvalue weighted by Crippen LogP contribution is -2.54. The highest BCUT2D eigenvalue weighted by Gasteiger charge is 2.37. The number of hydrogen-bond acceptors (Lipinski definition) is 9. The Hall–Kier alpha value is -5.68.